The van der Waals surface area contributed by atoms with Crippen LogP contribution in [-0.4, -0.2) is 69.7 Å². The number of ether oxygens (including phenoxy) is 1. The summed E-state index contributed by atoms with van der Waals surface area (Å²) in [6, 6.07) is 6.31. The summed E-state index contributed by atoms with van der Waals surface area (Å²) >= 11 is 18.0. The second kappa shape index (κ2) is 13.4. The molecule has 0 spiro atoms. The van der Waals surface area contributed by atoms with Gasteiger partial charge in [-0.2, -0.15) is 0 Å². The molecule has 2 amide bonds. The number of amides is 2. The van der Waals surface area contributed by atoms with Crippen molar-refractivity contribution in [3.05, 3.63) is 66.9 Å². The minimum absolute atomic E-state index is 0.0671. The third-order valence-electron chi connectivity index (χ3n) is 5.66. The van der Waals surface area contributed by atoms with Crippen LogP contribution >= 0.6 is 46.1 Å². The summed E-state index contributed by atoms with van der Waals surface area (Å²) in [7, 11) is 1.67. The molecule has 3 heterocycles. The first-order chi connectivity index (χ1) is 18.6. The van der Waals surface area contributed by atoms with Gasteiger partial charge in [0.05, 0.1) is 40.2 Å². The fourth-order valence-corrected chi connectivity index (χ4v) is 5.96. The van der Waals surface area contributed by atoms with E-state index in [2.05, 4.69) is 15.6 Å². The van der Waals surface area contributed by atoms with Crippen molar-refractivity contribution in [3.8, 4) is 0 Å². The highest BCUT2D eigenvalue weighted by Gasteiger charge is 2.26. The number of anilines is 3. The average molecular weight is 633 g/mol. The van der Waals surface area contributed by atoms with E-state index in [9.17, 15) is 13.8 Å². The predicted molar refractivity (Wildman–Crippen MR) is 156 cm³/mol. The maximum atomic E-state index is 13.5. The molecule has 39 heavy (non-hydrogen) atoms. The highest BCUT2D eigenvalue weighted by molar-refractivity contribution is 7.79. The van der Waals surface area contributed by atoms with Gasteiger partial charge in [-0.15, -0.1) is 11.3 Å². The van der Waals surface area contributed by atoms with Crippen molar-refractivity contribution >= 4 is 86.2 Å². The van der Waals surface area contributed by atoms with Gasteiger partial charge < -0.3 is 24.8 Å². The van der Waals surface area contributed by atoms with Crippen LogP contribution in [0.3, 0.4) is 0 Å². The van der Waals surface area contributed by atoms with Crippen LogP contribution in [0.2, 0.25) is 15.1 Å². The summed E-state index contributed by atoms with van der Waals surface area (Å²) in [6.07, 6.45) is 1.41. The molecule has 3 N–H and O–H groups in total. The van der Waals surface area contributed by atoms with Crippen molar-refractivity contribution < 1.29 is 23.1 Å². The molecule has 1 fully saturated rings. The van der Waals surface area contributed by atoms with Crippen molar-refractivity contribution in [1.29, 1.82) is 0 Å². The van der Waals surface area contributed by atoms with Crippen LogP contribution in [0.1, 0.15) is 25.6 Å². The average Bonchev–Trinajstić information content (AvgIpc) is 3.25. The largest absolute Gasteiger partial charge is 0.378 e. The van der Waals surface area contributed by atoms with Gasteiger partial charge in [-0.1, -0.05) is 34.8 Å². The van der Waals surface area contributed by atoms with E-state index < -0.39 is 22.9 Å². The molecule has 2 aromatic heterocycles. The molecule has 1 unspecified atom stereocenters. The van der Waals surface area contributed by atoms with E-state index in [-0.39, 0.29) is 39.4 Å². The number of morpholine rings is 1. The van der Waals surface area contributed by atoms with E-state index in [1.165, 1.54) is 12.3 Å². The Balaban J connectivity index is 1.67. The van der Waals surface area contributed by atoms with Crippen molar-refractivity contribution in [3.63, 3.8) is 0 Å². The van der Waals surface area contributed by atoms with Crippen molar-refractivity contribution in [2.75, 3.05) is 54.8 Å². The summed E-state index contributed by atoms with van der Waals surface area (Å²) in [5.74, 6) is -0.843. The van der Waals surface area contributed by atoms with Crippen molar-refractivity contribution in [1.82, 2.24) is 9.88 Å². The van der Waals surface area contributed by atoms with Gasteiger partial charge >= 0.3 is 0 Å². The summed E-state index contributed by atoms with van der Waals surface area (Å²) < 4.78 is 25.7. The Labute approximate surface area is 246 Å². The molecule has 1 aliphatic rings. The topological polar surface area (TPSA) is 124 Å². The van der Waals surface area contributed by atoms with Crippen LogP contribution in [0, 0.1) is 0 Å². The van der Waals surface area contributed by atoms with Gasteiger partial charge in [0, 0.05) is 30.9 Å². The number of carbonyl (C=O) groups is 2. The maximum absolute atomic E-state index is 13.5. The zero-order valence-electron chi connectivity index (χ0n) is 20.6. The Morgan fingerprint density at radius 2 is 1.90 bits per heavy atom. The highest BCUT2D eigenvalue weighted by Crippen LogP contribution is 2.36. The molecule has 208 valence electrons. The number of rotatable bonds is 9. The normalized spacial score (nSPS) is 14.4. The van der Waals surface area contributed by atoms with Gasteiger partial charge in [0.15, 0.2) is 11.1 Å². The van der Waals surface area contributed by atoms with Crippen LogP contribution in [0.4, 0.5) is 17.2 Å². The molecule has 1 saturated heterocycles. The predicted octanol–water partition coefficient (Wildman–Crippen LogP) is 5.06. The molecule has 4 rings (SSSR count). The highest BCUT2D eigenvalue weighted by atomic mass is 35.5. The van der Waals surface area contributed by atoms with Gasteiger partial charge in [0.2, 0.25) is 0 Å². The Bertz CT molecular complexity index is 1380. The summed E-state index contributed by atoms with van der Waals surface area (Å²) in [5, 5.41) is 8.27. The molecule has 0 bridgehead atoms. The first-order valence-corrected chi connectivity index (χ1v) is 14.8. The number of nitrogens with zero attached hydrogens (tertiary/aromatic N) is 3. The Morgan fingerprint density at radius 3 is 2.56 bits per heavy atom. The quantitative estimate of drug-likeness (QED) is 0.280. The van der Waals surface area contributed by atoms with Crippen LogP contribution in [0.5, 0.6) is 0 Å². The van der Waals surface area contributed by atoms with E-state index in [1.807, 2.05) is 4.90 Å². The number of pyridine rings is 1. The number of benzene rings is 1. The minimum atomic E-state index is -2.00. The lowest BCUT2D eigenvalue weighted by molar-refractivity contribution is 0.102. The van der Waals surface area contributed by atoms with E-state index >= 15 is 0 Å². The molecule has 1 atom stereocenters. The summed E-state index contributed by atoms with van der Waals surface area (Å²) in [4.78, 5) is 34.8. The van der Waals surface area contributed by atoms with Gasteiger partial charge in [0.1, 0.15) is 16.6 Å². The van der Waals surface area contributed by atoms with Crippen LogP contribution in [0.25, 0.3) is 0 Å². The van der Waals surface area contributed by atoms with Crippen molar-refractivity contribution in [2.45, 2.75) is 6.54 Å². The Kier molecular flexibility index (Phi) is 10.2. The first-order valence-electron chi connectivity index (χ1n) is 11.5. The number of hydrogen-bond donors (Lipinski definition) is 3. The summed E-state index contributed by atoms with van der Waals surface area (Å²) in [5.41, 5.74) is 1.59. The fraction of sp³-hybridized carbons (Fsp3) is 0.292. The fourth-order valence-electron chi connectivity index (χ4n) is 3.92. The summed E-state index contributed by atoms with van der Waals surface area (Å²) in [6.45, 7) is 2.29. The molecular weight excluding hydrogens is 609 g/mol. The van der Waals surface area contributed by atoms with Crippen LogP contribution < -0.4 is 15.5 Å². The molecular formula is C24H24Cl3N5O5S2. The number of nitrogens with one attached hydrogen (secondary N) is 2. The van der Waals surface area contributed by atoms with E-state index in [0.29, 0.717) is 47.6 Å². The SMILES string of the molecule is CN(Cc1csc(C(=O)Nc2c(C(=O)Nc3ccc(Cl)cn3)cc(Cl)cc2N2CCOCC2)c1Cl)CS(=O)O. The van der Waals surface area contributed by atoms with Gasteiger partial charge in [-0.25, -0.2) is 9.19 Å². The van der Waals surface area contributed by atoms with E-state index in [0.717, 1.165) is 11.3 Å². The molecule has 10 nitrogen and oxygen atoms in total. The number of carbonyl (C=O) groups excluding carboxylic acids is 2. The zero-order valence-corrected chi connectivity index (χ0v) is 24.5. The van der Waals surface area contributed by atoms with E-state index in [1.54, 1.807) is 35.5 Å². The van der Waals surface area contributed by atoms with Gasteiger partial charge in [-0.3, -0.25) is 14.5 Å². The lowest BCUT2D eigenvalue weighted by atomic mass is 10.1. The standard InChI is InChI=1S/C24H24Cl3N5O5S2/c1-31(13-39(35)36)11-14-12-38-22(20(14)27)24(34)30-21-17(23(33)29-19-3-2-15(25)10-28-19)8-16(26)9-18(21)32-4-6-37-7-5-32/h2-3,8-10,12H,4-7,11,13H2,1H3,(H,30,34)(H,35,36)(H,28,29,33). The number of thiophene rings is 1. The number of hydrogen-bond acceptors (Lipinski definition) is 8. The molecule has 15 heteroatoms. The minimum Gasteiger partial charge on any atom is -0.378 e. The van der Waals surface area contributed by atoms with E-state index in [4.69, 9.17) is 44.1 Å². The smallest absolute Gasteiger partial charge is 0.267 e. The molecule has 0 saturated carbocycles. The number of aromatic nitrogens is 1. The van der Waals surface area contributed by atoms with Gasteiger partial charge in [0.25, 0.3) is 11.8 Å². The molecule has 1 aromatic carbocycles. The zero-order chi connectivity index (χ0) is 28.1. The monoisotopic (exact) mass is 631 g/mol. The van der Waals surface area contributed by atoms with Crippen molar-refractivity contribution in [2.24, 2.45) is 0 Å². The number of halogens is 3. The molecule has 0 radical (unpaired) electrons. The second-order valence-electron chi connectivity index (χ2n) is 8.59. The third-order valence-corrected chi connectivity index (χ3v) is 8.34. The first kappa shape index (κ1) is 29.7. The van der Waals surface area contributed by atoms with Gasteiger partial charge in [-0.05, 0) is 42.3 Å². The molecule has 3 aromatic rings. The third kappa shape index (κ3) is 7.68. The molecule has 1 aliphatic heterocycles. The maximum Gasteiger partial charge on any atom is 0.267 e. The Hall–Kier alpha value is -2.29. The molecule has 0 aliphatic carbocycles. The lowest BCUT2D eigenvalue weighted by Crippen LogP contribution is -2.37. The van der Waals surface area contributed by atoms with Crippen LogP contribution in [0.15, 0.2) is 35.8 Å². The van der Waals surface area contributed by atoms with Crippen LogP contribution in [-0.2, 0) is 22.4 Å². The lowest BCUT2D eigenvalue weighted by Gasteiger charge is -2.31. The second-order valence-corrected chi connectivity index (χ2v) is 11.6. The Morgan fingerprint density at radius 1 is 1.15 bits per heavy atom.